The number of nitrogens with one attached hydrogen (secondary N) is 2. The van der Waals surface area contributed by atoms with Crippen LogP contribution in [0.25, 0.3) is 22.4 Å². The lowest BCUT2D eigenvalue weighted by Crippen LogP contribution is -2.55. The van der Waals surface area contributed by atoms with E-state index in [1.807, 2.05) is 66.9 Å². The quantitative estimate of drug-likeness (QED) is 0.0254. The number of esters is 1. The van der Waals surface area contributed by atoms with Gasteiger partial charge >= 0.3 is 5.97 Å². The number of anilines is 2. The Labute approximate surface area is 433 Å². The van der Waals surface area contributed by atoms with Crippen molar-refractivity contribution in [3.63, 3.8) is 0 Å². The molecule has 15 heteroatoms. The molecular weight excluding hydrogens is 962 g/mol. The Morgan fingerprint density at radius 2 is 1.29 bits per heavy atom. The fourth-order valence-corrected chi connectivity index (χ4v) is 9.80. The Bertz CT molecular complexity index is 3060. The molecule has 75 heavy (non-hydrogen) atoms. The molecule has 5 N–H and O–H groups in total. The van der Waals surface area contributed by atoms with E-state index in [1.54, 1.807) is 53.4 Å². The molecule has 0 saturated carbocycles. The number of halogens is 3. The van der Waals surface area contributed by atoms with Crippen LogP contribution in [0.4, 0.5) is 24.5 Å². The van der Waals surface area contributed by atoms with Crippen LogP contribution in [0.5, 0.6) is 5.75 Å². The Hall–Kier alpha value is -7.85. The molecule has 1 aliphatic rings. The van der Waals surface area contributed by atoms with Gasteiger partial charge in [-0.3, -0.25) is 19.2 Å². The Kier molecular flexibility index (Phi) is 17.4. The molecule has 1 saturated heterocycles. The van der Waals surface area contributed by atoms with Gasteiger partial charge in [0.1, 0.15) is 23.2 Å². The third-order valence-electron chi connectivity index (χ3n) is 13.4. The average Bonchev–Trinajstić information content (AvgIpc) is 3.75. The SMILES string of the molecule is CC(C)c1c(C(=O)Nc2ccccc2)c(-c2ccccc2)c(-c2ccc(F)cc2)n1CC[C@@H](O)CC(O)CC(=O)NCCC(=O)Oc1ccc([C@@H]2[C@@H](CC[C@H](O)c3ccc(F)cc3)C(=O)N2c2ccc(F)cc2)cc1. The molecule has 6 aromatic carbocycles. The predicted octanol–water partition coefficient (Wildman–Crippen LogP) is 10.8. The highest BCUT2D eigenvalue weighted by molar-refractivity contribution is 6.12. The number of nitrogens with zero attached hydrogens (tertiary/aromatic N) is 2. The van der Waals surface area contributed by atoms with Crippen molar-refractivity contribution >= 4 is 35.1 Å². The van der Waals surface area contributed by atoms with Gasteiger partial charge in [0.15, 0.2) is 0 Å². The van der Waals surface area contributed by atoms with Gasteiger partial charge in [0.05, 0.1) is 54.4 Å². The normalized spacial score (nSPS) is 15.5. The second-order valence-electron chi connectivity index (χ2n) is 19.0. The van der Waals surface area contributed by atoms with Crippen LogP contribution in [0.1, 0.15) is 97.6 Å². The summed E-state index contributed by atoms with van der Waals surface area (Å²) in [6.07, 6.45) is -3.22. The molecule has 0 radical (unpaired) electrons. The first kappa shape index (κ1) is 53.4. The lowest BCUT2D eigenvalue weighted by Gasteiger charge is -2.48. The largest absolute Gasteiger partial charge is 0.426 e. The molecule has 12 nitrogen and oxygen atoms in total. The van der Waals surface area contributed by atoms with Crippen molar-refractivity contribution in [2.45, 2.75) is 89.2 Å². The minimum absolute atomic E-state index is 0.0883. The third-order valence-corrected chi connectivity index (χ3v) is 13.4. The number of para-hydroxylation sites is 1. The van der Waals surface area contributed by atoms with Crippen LogP contribution < -0.4 is 20.3 Å². The monoisotopic (exact) mass is 1020 g/mol. The van der Waals surface area contributed by atoms with E-state index in [-0.39, 0.29) is 68.7 Å². The summed E-state index contributed by atoms with van der Waals surface area (Å²) in [6.45, 7) is 4.07. The molecule has 3 amide bonds. The molecule has 1 fully saturated rings. The van der Waals surface area contributed by atoms with Gasteiger partial charge in [0.2, 0.25) is 11.8 Å². The number of ether oxygens (including phenoxy) is 1. The molecule has 1 unspecified atom stereocenters. The van der Waals surface area contributed by atoms with Gasteiger partial charge in [-0.25, -0.2) is 13.2 Å². The summed E-state index contributed by atoms with van der Waals surface area (Å²) in [5, 5.41) is 38.7. The third kappa shape index (κ3) is 13.1. The van der Waals surface area contributed by atoms with Crippen molar-refractivity contribution in [2.24, 2.45) is 5.92 Å². The van der Waals surface area contributed by atoms with E-state index in [0.717, 1.165) is 5.56 Å². The van der Waals surface area contributed by atoms with Crippen molar-refractivity contribution in [3.05, 3.63) is 198 Å². The van der Waals surface area contributed by atoms with Gasteiger partial charge < -0.3 is 40.2 Å². The molecule has 8 rings (SSSR count). The second kappa shape index (κ2) is 24.5. The van der Waals surface area contributed by atoms with E-state index in [2.05, 4.69) is 10.6 Å². The number of rotatable bonds is 22. The van der Waals surface area contributed by atoms with Crippen molar-refractivity contribution < 1.29 is 52.4 Å². The maximum absolute atomic E-state index is 14.4. The summed E-state index contributed by atoms with van der Waals surface area (Å²) in [5.41, 5.74) is 6.22. The standard InChI is InChI=1S/C60H59F3N4O8/c1-37(2)56-55(59(73)65-45-11-7-4-8-12-45)54(39-9-5-3-6-10-39)58(41-15-21-43(62)22-16-41)66(56)34-32-47(68)35-48(69)36-52(71)64-33-31-53(72)75-49-27-17-40(18-28-49)57-50(29-30-51(70)38-13-19-42(61)20-14-38)60(74)67(57)46-25-23-44(63)24-26-46/h3-28,37,47-48,50-51,57,68-70H,29-36H2,1-2H3,(H,64,71)(H,65,73)/t47-,48?,50-,51+,57-/m1/s1. The summed E-state index contributed by atoms with van der Waals surface area (Å²) in [4.78, 5) is 55.3. The first-order valence-corrected chi connectivity index (χ1v) is 25.0. The number of hydrogen-bond acceptors (Lipinski definition) is 8. The van der Waals surface area contributed by atoms with Gasteiger partial charge in [0.25, 0.3) is 5.91 Å². The first-order chi connectivity index (χ1) is 36.1. The highest BCUT2D eigenvalue weighted by Gasteiger charge is 2.48. The summed E-state index contributed by atoms with van der Waals surface area (Å²) >= 11 is 0. The number of amides is 3. The number of aromatic nitrogens is 1. The van der Waals surface area contributed by atoms with Gasteiger partial charge in [-0.15, -0.1) is 0 Å². The molecule has 0 spiro atoms. The van der Waals surface area contributed by atoms with Crippen LogP contribution in [0.2, 0.25) is 0 Å². The number of carbonyl (C=O) groups excluding carboxylic acids is 4. The van der Waals surface area contributed by atoms with E-state index >= 15 is 0 Å². The lowest BCUT2D eigenvalue weighted by atomic mass is 9.78. The van der Waals surface area contributed by atoms with Gasteiger partial charge in [-0.2, -0.15) is 0 Å². The number of carbonyl (C=O) groups is 4. The Balaban J connectivity index is 0.862. The lowest BCUT2D eigenvalue weighted by molar-refractivity contribution is -0.134. The maximum Gasteiger partial charge on any atom is 0.312 e. The zero-order chi connectivity index (χ0) is 53.2. The van der Waals surface area contributed by atoms with Crippen LogP contribution >= 0.6 is 0 Å². The predicted molar refractivity (Wildman–Crippen MR) is 280 cm³/mol. The smallest absolute Gasteiger partial charge is 0.312 e. The molecule has 388 valence electrons. The number of hydrogen-bond donors (Lipinski definition) is 5. The van der Waals surface area contributed by atoms with Crippen molar-refractivity contribution in [2.75, 3.05) is 16.8 Å². The minimum Gasteiger partial charge on any atom is -0.426 e. The molecule has 7 aromatic rings. The summed E-state index contributed by atoms with van der Waals surface area (Å²) in [6, 6.07) is 41.8. The van der Waals surface area contributed by atoms with Gasteiger partial charge in [-0.1, -0.05) is 86.6 Å². The van der Waals surface area contributed by atoms with Crippen LogP contribution in [0, 0.1) is 23.4 Å². The van der Waals surface area contributed by atoms with E-state index in [4.69, 9.17) is 4.74 Å². The average molecular weight is 1020 g/mol. The van der Waals surface area contributed by atoms with E-state index in [0.29, 0.717) is 57.0 Å². The van der Waals surface area contributed by atoms with E-state index < -0.39 is 59.6 Å². The summed E-state index contributed by atoms with van der Waals surface area (Å²) < 4.78 is 49.2. The number of aliphatic hydroxyl groups excluding tert-OH is 3. The van der Waals surface area contributed by atoms with Gasteiger partial charge in [-0.05, 0) is 139 Å². The number of β-lactam (4-membered cyclic amide) rings is 1. The molecule has 2 heterocycles. The topological polar surface area (TPSA) is 170 Å². The van der Waals surface area contributed by atoms with E-state index in [9.17, 15) is 47.7 Å². The second-order valence-corrected chi connectivity index (χ2v) is 19.0. The molecule has 1 aliphatic heterocycles. The van der Waals surface area contributed by atoms with Crippen LogP contribution in [-0.4, -0.2) is 62.3 Å². The van der Waals surface area contributed by atoms with E-state index in [1.165, 1.54) is 60.7 Å². The van der Waals surface area contributed by atoms with Crippen LogP contribution in [0.3, 0.4) is 0 Å². The molecule has 0 aliphatic carbocycles. The molecule has 1 aromatic heterocycles. The van der Waals surface area contributed by atoms with Crippen molar-refractivity contribution in [1.29, 1.82) is 0 Å². The first-order valence-electron chi connectivity index (χ1n) is 25.0. The van der Waals surface area contributed by atoms with Crippen LogP contribution in [0.15, 0.2) is 158 Å². The summed E-state index contributed by atoms with van der Waals surface area (Å²) in [7, 11) is 0. The zero-order valence-electron chi connectivity index (χ0n) is 41.5. The minimum atomic E-state index is -1.23. The highest BCUT2D eigenvalue weighted by atomic mass is 19.1. The van der Waals surface area contributed by atoms with Gasteiger partial charge in [0, 0.05) is 35.7 Å². The molecular formula is C60H59F3N4O8. The Morgan fingerprint density at radius 3 is 1.92 bits per heavy atom. The Morgan fingerprint density at radius 1 is 0.693 bits per heavy atom. The number of benzene rings is 6. The fourth-order valence-electron chi connectivity index (χ4n) is 9.80. The maximum atomic E-state index is 14.4. The zero-order valence-corrected chi connectivity index (χ0v) is 41.5. The highest BCUT2D eigenvalue weighted by Crippen LogP contribution is 2.47. The molecule has 0 bridgehead atoms. The summed E-state index contributed by atoms with van der Waals surface area (Å²) in [5.74, 6) is -3.52. The fraction of sp³-hybridized carbons (Fsp3) is 0.267. The number of aliphatic hydroxyl groups is 3. The van der Waals surface area contributed by atoms with Crippen molar-refractivity contribution in [1.82, 2.24) is 9.88 Å². The van der Waals surface area contributed by atoms with Crippen LogP contribution in [-0.2, 0) is 20.9 Å². The molecule has 5 atom stereocenters. The van der Waals surface area contributed by atoms with Crippen molar-refractivity contribution in [3.8, 4) is 28.1 Å².